The van der Waals surface area contributed by atoms with Crippen LogP contribution in [0.3, 0.4) is 0 Å². The molecule has 2 aliphatic rings. The van der Waals surface area contributed by atoms with E-state index in [1.807, 2.05) is 19.1 Å². The van der Waals surface area contributed by atoms with Gasteiger partial charge in [-0.05, 0) is 25.8 Å². The van der Waals surface area contributed by atoms with Gasteiger partial charge in [-0.25, -0.2) is 9.97 Å². The molecule has 1 saturated carbocycles. The molecule has 0 spiro atoms. The van der Waals surface area contributed by atoms with Gasteiger partial charge in [0.25, 0.3) is 11.5 Å². The van der Waals surface area contributed by atoms with Crippen LogP contribution in [0.25, 0.3) is 11.4 Å². The molecule has 140 valence electrons. The molecule has 4 rings (SSSR count). The molecule has 27 heavy (non-hydrogen) atoms. The van der Waals surface area contributed by atoms with Crippen LogP contribution in [0, 0.1) is 0 Å². The highest BCUT2D eigenvalue weighted by atomic mass is 16.2. The number of anilines is 2. The van der Waals surface area contributed by atoms with Crippen molar-refractivity contribution in [2.45, 2.75) is 38.6 Å². The molecule has 7 heteroatoms. The standard InChI is InChI=1S/C20H23N5O2/c1-4-15-20(27)24(3)16-12-21-18(13-9-10-23(2)17(26)11-13)22-19(16)25(15)14-7-5-6-8-14/h4,9-12,14H,5-8H2,1-3H3. The Morgan fingerprint density at radius 1 is 1.19 bits per heavy atom. The molecule has 1 aliphatic heterocycles. The summed E-state index contributed by atoms with van der Waals surface area (Å²) in [7, 11) is 3.46. The lowest BCUT2D eigenvalue weighted by Gasteiger charge is -2.39. The molecule has 0 unspecified atom stereocenters. The fourth-order valence-electron chi connectivity index (χ4n) is 3.90. The summed E-state index contributed by atoms with van der Waals surface area (Å²) >= 11 is 0. The topological polar surface area (TPSA) is 71.3 Å². The fourth-order valence-corrected chi connectivity index (χ4v) is 3.90. The predicted molar refractivity (Wildman–Crippen MR) is 105 cm³/mol. The maximum absolute atomic E-state index is 12.8. The van der Waals surface area contributed by atoms with E-state index in [0.29, 0.717) is 22.8 Å². The zero-order valence-electron chi connectivity index (χ0n) is 15.8. The van der Waals surface area contributed by atoms with Crippen molar-refractivity contribution >= 4 is 17.4 Å². The Balaban J connectivity index is 1.88. The Hall–Kier alpha value is -2.96. The van der Waals surface area contributed by atoms with E-state index in [0.717, 1.165) is 31.5 Å². The van der Waals surface area contributed by atoms with Crippen molar-refractivity contribution in [3.63, 3.8) is 0 Å². The number of likely N-dealkylation sites (N-methyl/N-ethyl adjacent to an activating group) is 1. The number of aryl methyl sites for hydroxylation is 1. The minimum atomic E-state index is -0.108. The molecule has 7 nitrogen and oxygen atoms in total. The monoisotopic (exact) mass is 365 g/mol. The van der Waals surface area contributed by atoms with E-state index in [1.54, 1.807) is 31.4 Å². The van der Waals surface area contributed by atoms with Gasteiger partial charge in [0.15, 0.2) is 11.6 Å². The summed E-state index contributed by atoms with van der Waals surface area (Å²) in [5.74, 6) is 1.19. The zero-order valence-corrected chi connectivity index (χ0v) is 15.8. The second-order valence-corrected chi connectivity index (χ2v) is 7.11. The predicted octanol–water partition coefficient (Wildman–Crippen LogP) is 2.47. The molecular weight excluding hydrogens is 342 g/mol. The van der Waals surface area contributed by atoms with E-state index in [2.05, 4.69) is 9.88 Å². The highest BCUT2D eigenvalue weighted by Crippen LogP contribution is 2.40. The van der Waals surface area contributed by atoms with Crippen LogP contribution >= 0.6 is 0 Å². The van der Waals surface area contributed by atoms with Gasteiger partial charge in [-0.3, -0.25) is 9.59 Å². The average molecular weight is 365 g/mol. The van der Waals surface area contributed by atoms with Crippen molar-refractivity contribution in [3.8, 4) is 11.4 Å². The van der Waals surface area contributed by atoms with E-state index in [4.69, 9.17) is 4.98 Å². The fraction of sp³-hybridized carbons (Fsp3) is 0.400. The van der Waals surface area contributed by atoms with Crippen LogP contribution in [0.1, 0.15) is 32.6 Å². The third-order valence-electron chi connectivity index (χ3n) is 5.45. The molecule has 0 aromatic carbocycles. The lowest BCUT2D eigenvalue weighted by Crippen LogP contribution is -2.46. The van der Waals surface area contributed by atoms with Gasteiger partial charge in [-0.15, -0.1) is 0 Å². The Labute approximate surface area is 158 Å². The molecule has 2 aromatic rings. The molecule has 3 heterocycles. The Morgan fingerprint density at radius 2 is 1.93 bits per heavy atom. The van der Waals surface area contributed by atoms with Crippen molar-refractivity contribution in [1.82, 2.24) is 14.5 Å². The van der Waals surface area contributed by atoms with Gasteiger partial charge in [-0.1, -0.05) is 18.9 Å². The molecule has 1 amide bonds. The van der Waals surface area contributed by atoms with Crippen molar-refractivity contribution in [2.24, 2.45) is 7.05 Å². The summed E-state index contributed by atoms with van der Waals surface area (Å²) in [4.78, 5) is 37.8. The van der Waals surface area contributed by atoms with Gasteiger partial charge in [0, 0.05) is 38.0 Å². The number of fused-ring (bicyclic) bond motifs is 1. The van der Waals surface area contributed by atoms with Gasteiger partial charge in [-0.2, -0.15) is 0 Å². The van der Waals surface area contributed by atoms with Crippen molar-refractivity contribution in [1.29, 1.82) is 0 Å². The molecule has 0 atom stereocenters. The average Bonchev–Trinajstić information content (AvgIpc) is 3.20. The summed E-state index contributed by atoms with van der Waals surface area (Å²) < 4.78 is 1.51. The summed E-state index contributed by atoms with van der Waals surface area (Å²) in [6, 6.07) is 3.63. The van der Waals surface area contributed by atoms with E-state index in [9.17, 15) is 9.59 Å². The van der Waals surface area contributed by atoms with Crippen LogP contribution in [-0.2, 0) is 11.8 Å². The number of allylic oxidation sites excluding steroid dienone is 1. The maximum Gasteiger partial charge on any atom is 0.274 e. The van der Waals surface area contributed by atoms with Crippen molar-refractivity contribution in [3.05, 3.63) is 46.7 Å². The van der Waals surface area contributed by atoms with Gasteiger partial charge in [0.05, 0.1) is 6.20 Å². The van der Waals surface area contributed by atoms with E-state index < -0.39 is 0 Å². The van der Waals surface area contributed by atoms with E-state index in [1.165, 1.54) is 10.6 Å². The number of aromatic nitrogens is 3. The van der Waals surface area contributed by atoms with Gasteiger partial charge in [0.1, 0.15) is 11.4 Å². The van der Waals surface area contributed by atoms with Crippen LogP contribution in [0.15, 0.2) is 41.1 Å². The minimum Gasteiger partial charge on any atom is -0.319 e. The number of hydrogen-bond donors (Lipinski definition) is 0. The van der Waals surface area contributed by atoms with E-state index >= 15 is 0 Å². The van der Waals surface area contributed by atoms with E-state index in [-0.39, 0.29) is 17.5 Å². The minimum absolute atomic E-state index is 0.0400. The second-order valence-electron chi connectivity index (χ2n) is 7.11. The number of hydrogen-bond acceptors (Lipinski definition) is 5. The molecule has 0 bridgehead atoms. The number of amides is 1. The Morgan fingerprint density at radius 3 is 2.59 bits per heavy atom. The van der Waals surface area contributed by atoms with Gasteiger partial charge < -0.3 is 14.4 Å². The van der Waals surface area contributed by atoms with Crippen LogP contribution in [0.4, 0.5) is 11.5 Å². The van der Waals surface area contributed by atoms with Crippen LogP contribution in [-0.4, -0.2) is 33.5 Å². The summed E-state index contributed by atoms with van der Waals surface area (Å²) in [6.07, 6.45) is 9.65. The smallest absolute Gasteiger partial charge is 0.274 e. The number of nitrogens with zero attached hydrogens (tertiary/aromatic N) is 5. The first kappa shape index (κ1) is 17.5. The first-order valence-electron chi connectivity index (χ1n) is 9.29. The molecular formula is C20H23N5O2. The normalized spacial score (nSPS) is 19.1. The highest BCUT2D eigenvalue weighted by Gasteiger charge is 2.38. The van der Waals surface area contributed by atoms with Crippen LogP contribution < -0.4 is 15.4 Å². The maximum atomic E-state index is 12.8. The van der Waals surface area contributed by atoms with Crippen molar-refractivity contribution in [2.75, 3.05) is 16.8 Å². The second kappa shape index (κ2) is 6.64. The van der Waals surface area contributed by atoms with Gasteiger partial charge >= 0.3 is 0 Å². The lowest BCUT2D eigenvalue weighted by atomic mass is 10.1. The number of carbonyl (C=O) groups is 1. The molecule has 1 aliphatic carbocycles. The summed E-state index contributed by atoms with van der Waals surface area (Å²) in [5.41, 5.74) is 1.92. The Kier molecular flexibility index (Phi) is 4.30. The number of pyridine rings is 1. The number of rotatable bonds is 2. The summed E-state index contributed by atoms with van der Waals surface area (Å²) in [5, 5.41) is 0. The highest BCUT2D eigenvalue weighted by molar-refractivity contribution is 6.12. The first-order valence-corrected chi connectivity index (χ1v) is 9.29. The van der Waals surface area contributed by atoms with Crippen LogP contribution in [0.2, 0.25) is 0 Å². The number of carbonyl (C=O) groups excluding carboxylic acids is 1. The largest absolute Gasteiger partial charge is 0.319 e. The third kappa shape index (κ3) is 2.83. The van der Waals surface area contributed by atoms with Crippen LogP contribution in [0.5, 0.6) is 0 Å². The molecule has 0 saturated heterocycles. The Bertz CT molecular complexity index is 988. The van der Waals surface area contributed by atoms with Crippen molar-refractivity contribution < 1.29 is 4.79 Å². The molecule has 2 aromatic heterocycles. The third-order valence-corrected chi connectivity index (χ3v) is 5.45. The zero-order chi connectivity index (χ0) is 19.1. The summed E-state index contributed by atoms with van der Waals surface area (Å²) in [6.45, 7) is 1.89. The molecule has 0 radical (unpaired) electrons. The van der Waals surface area contributed by atoms with Gasteiger partial charge in [0.2, 0.25) is 0 Å². The quantitative estimate of drug-likeness (QED) is 0.765. The SMILES string of the molecule is CC=C1C(=O)N(C)c2cnc(-c3ccn(C)c(=O)c3)nc2N1C1CCCC1. The molecule has 0 N–H and O–H groups in total. The first-order chi connectivity index (χ1) is 13.0. The lowest BCUT2D eigenvalue weighted by molar-refractivity contribution is -0.115. The molecule has 1 fully saturated rings.